The van der Waals surface area contributed by atoms with E-state index in [0.29, 0.717) is 0 Å². The molecule has 0 spiro atoms. The van der Waals surface area contributed by atoms with Crippen molar-refractivity contribution in [2.45, 2.75) is 44.2 Å². The maximum absolute atomic E-state index is 9.20. The van der Waals surface area contributed by atoms with Crippen molar-refractivity contribution in [2.75, 3.05) is 7.05 Å². The molecular weight excluding hydrogens is 224 g/mol. The number of hydrogen-bond acceptors (Lipinski definition) is 3. The van der Waals surface area contributed by atoms with Crippen LogP contribution < -0.4 is 10.1 Å². The van der Waals surface area contributed by atoms with Crippen LogP contribution in [0.3, 0.4) is 0 Å². The molecule has 2 unspecified atom stereocenters. The summed E-state index contributed by atoms with van der Waals surface area (Å²) >= 11 is 0. The predicted molar refractivity (Wildman–Crippen MR) is 71.5 cm³/mol. The average Bonchev–Trinajstić information content (AvgIpc) is 2.84. The van der Waals surface area contributed by atoms with Gasteiger partial charge in [-0.25, -0.2) is 0 Å². The molecule has 1 N–H and O–H groups in total. The Morgan fingerprint density at radius 3 is 2.67 bits per heavy atom. The first-order valence-corrected chi connectivity index (χ1v) is 6.57. The molecule has 1 aromatic rings. The summed E-state index contributed by atoms with van der Waals surface area (Å²) in [4.78, 5) is 0. The lowest BCUT2D eigenvalue weighted by molar-refractivity contribution is 0.202. The Morgan fingerprint density at radius 2 is 2.17 bits per heavy atom. The second-order valence-electron chi connectivity index (χ2n) is 4.92. The number of benzene rings is 1. The van der Waals surface area contributed by atoms with Gasteiger partial charge in [-0.1, -0.05) is 19.1 Å². The highest BCUT2D eigenvalue weighted by atomic mass is 16.5. The number of ether oxygens (including phenoxy) is 1. The summed E-state index contributed by atoms with van der Waals surface area (Å²) in [6.45, 7) is 2.14. The summed E-state index contributed by atoms with van der Waals surface area (Å²) in [6, 6.07) is 10.6. The molecule has 3 heteroatoms. The van der Waals surface area contributed by atoms with Gasteiger partial charge in [-0.05, 0) is 44.0 Å². The zero-order valence-electron chi connectivity index (χ0n) is 11.1. The van der Waals surface area contributed by atoms with Crippen LogP contribution in [0.2, 0.25) is 0 Å². The smallest absolute Gasteiger partial charge is 0.119 e. The summed E-state index contributed by atoms with van der Waals surface area (Å²) in [5.41, 5.74) is 0.920. The van der Waals surface area contributed by atoms with Gasteiger partial charge in [0.15, 0.2) is 0 Å². The molecule has 2 atom stereocenters. The van der Waals surface area contributed by atoms with Crippen molar-refractivity contribution in [3.8, 4) is 11.8 Å². The number of nitriles is 1. The monoisotopic (exact) mass is 244 g/mol. The summed E-state index contributed by atoms with van der Waals surface area (Å²) in [5.74, 6) is 0.905. The van der Waals surface area contributed by atoms with E-state index in [0.717, 1.165) is 31.4 Å². The van der Waals surface area contributed by atoms with Crippen molar-refractivity contribution < 1.29 is 4.74 Å². The van der Waals surface area contributed by atoms with Gasteiger partial charge in [-0.2, -0.15) is 5.26 Å². The standard InChI is InChI=1S/C15H20N2O/c1-3-12-4-6-13(7-5-12)18-14-8-9-15(10-14,11-16)17-2/h4-7,14,17H,3,8-10H2,1-2H3. The highest BCUT2D eigenvalue weighted by Crippen LogP contribution is 2.32. The van der Waals surface area contributed by atoms with Crippen LogP contribution in [0.5, 0.6) is 5.75 Å². The van der Waals surface area contributed by atoms with Crippen LogP contribution in [-0.4, -0.2) is 18.7 Å². The summed E-state index contributed by atoms with van der Waals surface area (Å²) in [7, 11) is 1.85. The third kappa shape index (κ3) is 2.65. The first-order valence-electron chi connectivity index (χ1n) is 6.57. The Labute approximate surface area is 109 Å². The molecule has 1 aliphatic rings. The maximum Gasteiger partial charge on any atom is 0.119 e. The fourth-order valence-corrected chi connectivity index (χ4v) is 2.48. The van der Waals surface area contributed by atoms with Crippen molar-refractivity contribution in [1.29, 1.82) is 5.26 Å². The van der Waals surface area contributed by atoms with E-state index in [1.807, 2.05) is 19.2 Å². The van der Waals surface area contributed by atoms with Crippen LogP contribution in [0.15, 0.2) is 24.3 Å². The van der Waals surface area contributed by atoms with Crippen LogP contribution in [0.25, 0.3) is 0 Å². The molecule has 0 aromatic heterocycles. The van der Waals surface area contributed by atoms with Crippen LogP contribution in [0.1, 0.15) is 31.7 Å². The summed E-state index contributed by atoms with van der Waals surface area (Å²) < 4.78 is 5.94. The minimum Gasteiger partial charge on any atom is -0.490 e. The molecule has 0 saturated heterocycles. The normalized spacial score (nSPS) is 26.8. The van der Waals surface area contributed by atoms with Gasteiger partial charge in [-0.3, -0.25) is 0 Å². The Bertz CT molecular complexity index is 435. The van der Waals surface area contributed by atoms with Crippen LogP contribution in [0.4, 0.5) is 0 Å². The van der Waals surface area contributed by atoms with Crippen LogP contribution in [0, 0.1) is 11.3 Å². The largest absolute Gasteiger partial charge is 0.490 e. The van der Waals surface area contributed by atoms with E-state index in [4.69, 9.17) is 4.74 Å². The quantitative estimate of drug-likeness (QED) is 0.885. The van der Waals surface area contributed by atoms with Crippen LogP contribution in [-0.2, 0) is 6.42 Å². The molecular formula is C15H20N2O. The Kier molecular flexibility index (Phi) is 3.88. The van der Waals surface area contributed by atoms with Gasteiger partial charge in [0.25, 0.3) is 0 Å². The SMILES string of the molecule is CCc1ccc(OC2CCC(C#N)(NC)C2)cc1. The Morgan fingerprint density at radius 1 is 1.44 bits per heavy atom. The molecule has 0 bridgehead atoms. The van der Waals surface area contributed by atoms with Crippen molar-refractivity contribution in [2.24, 2.45) is 0 Å². The maximum atomic E-state index is 9.20. The zero-order valence-corrected chi connectivity index (χ0v) is 11.1. The number of rotatable bonds is 4. The molecule has 1 fully saturated rings. The summed E-state index contributed by atoms with van der Waals surface area (Å²) in [5, 5.41) is 12.3. The molecule has 1 saturated carbocycles. The van der Waals surface area contributed by atoms with E-state index < -0.39 is 5.54 Å². The molecule has 3 nitrogen and oxygen atoms in total. The van der Waals surface area contributed by atoms with Crippen molar-refractivity contribution in [3.63, 3.8) is 0 Å². The van der Waals surface area contributed by atoms with E-state index >= 15 is 0 Å². The van der Waals surface area contributed by atoms with Crippen molar-refractivity contribution >= 4 is 0 Å². The average molecular weight is 244 g/mol. The lowest BCUT2D eigenvalue weighted by Crippen LogP contribution is -2.39. The minimum absolute atomic E-state index is 0.143. The Hall–Kier alpha value is -1.53. The van der Waals surface area contributed by atoms with Gasteiger partial charge < -0.3 is 10.1 Å². The van der Waals surface area contributed by atoms with Gasteiger partial charge >= 0.3 is 0 Å². The molecule has 0 amide bonds. The third-order valence-electron chi connectivity index (χ3n) is 3.80. The van der Waals surface area contributed by atoms with Gasteiger partial charge in [0.1, 0.15) is 17.4 Å². The lowest BCUT2D eigenvalue weighted by atomic mass is 10.0. The molecule has 0 radical (unpaired) electrons. The van der Waals surface area contributed by atoms with E-state index in [-0.39, 0.29) is 6.10 Å². The molecule has 2 rings (SSSR count). The van der Waals surface area contributed by atoms with E-state index in [2.05, 4.69) is 30.4 Å². The number of aryl methyl sites for hydroxylation is 1. The molecule has 1 aliphatic carbocycles. The fourth-order valence-electron chi connectivity index (χ4n) is 2.48. The topological polar surface area (TPSA) is 45.0 Å². The minimum atomic E-state index is -0.395. The van der Waals surface area contributed by atoms with Crippen LogP contribution >= 0.6 is 0 Å². The van der Waals surface area contributed by atoms with Gasteiger partial charge in [-0.15, -0.1) is 0 Å². The van der Waals surface area contributed by atoms with Crippen molar-refractivity contribution in [3.05, 3.63) is 29.8 Å². The van der Waals surface area contributed by atoms with E-state index in [1.54, 1.807) is 0 Å². The lowest BCUT2D eigenvalue weighted by Gasteiger charge is -2.20. The molecule has 18 heavy (non-hydrogen) atoms. The Balaban J connectivity index is 1.97. The highest BCUT2D eigenvalue weighted by Gasteiger charge is 2.39. The number of nitrogens with zero attached hydrogens (tertiary/aromatic N) is 1. The van der Waals surface area contributed by atoms with E-state index in [1.165, 1.54) is 5.56 Å². The molecule has 0 heterocycles. The first-order chi connectivity index (χ1) is 8.71. The highest BCUT2D eigenvalue weighted by molar-refractivity contribution is 5.27. The molecule has 1 aromatic carbocycles. The molecule has 0 aliphatic heterocycles. The van der Waals surface area contributed by atoms with E-state index in [9.17, 15) is 5.26 Å². The second kappa shape index (κ2) is 5.41. The van der Waals surface area contributed by atoms with Gasteiger partial charge in [0, 0.05) is 6.42 Å². The fraction of sp³-hybridized carbons (Fsp3) is 0.533. The molecule has 96 valence electrons. The predicted octanol–water partition coefficient (Wildman–Crippen LogP) is 2.66. The number of hydrogen-bond donors (Lipinski definition) is 1. The first kappa shape index (κ1) is 12.9. The third-order valence-corrected chi connectivity index (χ3v) is 3.80. The summed E-state index contributed by atoms with van der Waals surface area (Å²) in [6.07, 6.45) is 3.74. The van der Waals surface area contributed by atoms with Gasteiger partial charge in [0.05, 0.1) is 6.07 Å². The second-order valence-corrected chi connectivity index (χ2v) is 4.92. The zero-order chi connectivity index (χ0) is 13.0. The number of nitrogens with one attached hydrogen (secondary N) is 1. The van der Waals surface area contributed by atoms with Gasteiger partial charge in [0.2, 0.25) is 0 Å². The van der Waals surface area contributed by atoms with Crippen molar-refractivity contribution in [1.82, 2.24) is 5.32 Å².